The van der Waals surface area contributed by atoms with Crippen LogP contribution in [-0.2, 0) is 11.2 Å². The lowest BCUT2D eigenvalue weighted by Crippen LogP contribution is -2.36. The topological polar surface area (TPSA) is 99.4 Å². The normalized spacial score (nSPS) is 12.0. The summed E-state index contributed by atoms with van der Waals surface area (Å²) >= 11 is 0. The van der Waals surface area contributed by atoms with E-state index in [0.29, 0.717) is 11.3 Å². The molecule has 0 spiro atoms. The summed E-state index contributed by atoms with van der Waals surface area (Å²) < 4.78 is 5.39. The van der Waals surface area contributed by atoms with Crippen LogP contribution in [0.15, 0.2) is 29.6 Å². The van der Waals surface area contributed by atoms with E-state index in [2.05, 4.69) is 5.29 Å². The zero-order valence-electron chi connectivity index (χ0n) is 12.1. The van der Waals surface area contributed by atoms with E-state index in [1.54, 1.807) is 38.1 Å². The van der Waals surface area contributed by atoms with E-state index in [4.69, 9.17) is 9.84 Å². The highest BCUT2D eigenvalue weighted by molar-refractivity contribution is 5.70. The fourth-order valence-corrected chi connectivity index (χ4v) is 1.68. The van der Waals surface area contributed by atoms with Gasteiger partial charge in [-0.3, -0.25) is 9.80 Å². The molecule has 1 rings (SSSR count). The Labute approximate surface area is 123 Å². The summed E-state index contributed by atoms with van der Waals surface area (Å²) in [6.45, 7) is 3.72. The lowest BCUT2D eigenvalue weighted by atomic mass is 10.1. The standard InChI is InChI=1S/C14H20N2O5/c1-10(2)16(15-20)8-12(17)9-21-13-5-3-11(4-6-13)7-14(18)19/h3-6,10,12,17H,7-9H2,1-2H3,(H,18,19). The zero-order chi connectivity index (χ0) is 15.8. The summed E-state index contributed by atoms with van der Waals surface area (Å²) in [6.07, 6.45) is -0.888. The van der Waals surface area contributed by atoms with Crippen LogP contribution in [-0.4, -0.2) is 46.5 Å². The Morgan fingerprint density at radius 2 is 1.95 bits per heavy atom. The van der Waals surface area contributed by atoms with Gasteiger partial charge in [0, 0.05) is 6.04 Å². The predicted molar refractivity (Wildman–Crippen MR) is 76.9 cm³/mol. The van der Waals surface area contributed by atoms with Crippen molar-refractivity contribution in [3.05, 3.63) is 34.7 Å². The lowest BCUT2D eigenvalue weighted by Gasteiger charge is -2.22. The van der Waals surface area contributed by atoms with Gasteiger partial charge < -0.3 is 14.9 Å². The third-order valence-electron chi connectivity index (χ3n) is 2.82. The summed E-state index contributed by atoms with van der Waals surface area (Å²) in [6, 6.07) is 6.51. The number of benzene rings is 1. The number of hydrogen-bond acceptors (Lipinski definition) is 5. The molecule has 0 saturated heterocycles. The van der Waals surface area contributed by atoms with Crippen molar-refractivity contribution in [3.8, 4) is 5.75 Å². The van der Waals surface area contributed by atoms with E-state index in [-0.39, 0.29) is 25.6 Å². The van der Waals surface area contributed by atoms with Gasteiger partial charge in [-0.15, -0.1) is 4.91 Å². The fraction of sp³-hybridized carbons (Fsp3) is 0.500. The SMILES string of the molecule is CC(C)N(CC(O)COc1ccc(CC(=O)O)cc1)N=O. The van der Waals surface area contributed by atoms with Crippen molar-refractivity contribution >= 4 is 5.97 Å². The molecule has 1 aromatic carbocycles. The van der Waals surface area contributed by atoms with Crippen molar-refractivity contribution in [2.45, 2.75) is 32.4 Å². The average Bonchev–Trinajstić information content (AvgIpc) is 2.43. The molecule has 0 aromatic heterocycles. The molecule has 7 heteroatoms. The molecule has 0 aliphatic rings. The van der Waals surface area contributed by atoms with Crippen LogP contribution in [0.3, 0.4) is 0 Å². The first-order valence-corrected chi connectivity index (χ1v) is 6.64. The van der Waals surface area contributed by atoms with Crippen LogP contribution in [0.1, 0.15) is 19.4 Å². The van der Waals surface area contributed by atoms with Crippen molar-refractivity contribution in [1.29, 1.82) is 0 Å². The summed E-state index contributed by atoms with van der Waals surface area (Å²) in [5.74, 6) is -0.368. The highest BCUT2D eigenvalue weighted by atomic mass is 16.5. The molecule has 116 valence electrons. The smallest absolute Gasteiger partial charge is 0.307 e. The number of nitrogens with zero attached hydrogens (tertiary/aromatic N) is 2. The lowest BCUT2D eigenvalue weighted by molar-refractivity contribution is -0.136. The number of aliphatic hydroxyl groups is 1. The van der Waals surface area contributed by atoms with Gasteiger partial charge in [0.1, 0.15) is 18.5 Å². The Balaban J connectivity index is 2.43. The van der Waals surface area contributed by atoms with Gasteiger partial charge in [-0.25, -0.2) is 0 Å². The van der Waals surface area contributed by atoms with Crippen LogP contribution >= 0.6 is 0 Å². The van der Waals surface area contributed by atoms with Crippen molar-refractivity contribution in [1.82, 2.24) is 5.01 Å². The number of carboxylic acids is 1. The van der Waals surface area contributed by atoms with Crippen molar-refractivity contribution < 1.29 is 19.7 Å². The molecular formula is C14H20N2O5. The van der Waals surface area contributed by atoms with Crippen molar-refractivity contribution in [2.24, 2.45) is 5.29 Å². The number of carbonyl (C=O) groups is 1. The Kier molecular flexibility index (Phi) is 6.61. The van der Waals surface area contributed by atoms with Gasteiger partial charge in [0.15, 0.2) is 0 Å². The van der Waals surface area contributed by atoms with Gasteiger partial charge >= 0.3 is 5.97 Å². The number of rotatable bonds is 9. The second kappa shape index (κ2) is 8.21. The highest BCUT2D eigenvalue weighted by Crippen LogP contribution is 2.13. The third kappa shape index (κ3) is 6.22. The third-order valence-corrected chi connectivity index (χ3v) is 2.82. The van der Waals surface area contributed by atoms with Crippen LogP contribution < -0.4 is 4.74 Å². The minimum absolute atomic E-state index is 0.0248. The number of hydrogen-bond donors (Lipinski definition) is 2. The van der Waals surface area contributed by atoms with Gasteiger partial charge in [0.25, 0.3) is 0 Å². The van der Waals surface area contributed by atoms with Crippen molar-refractivity contribution in [2.75, 3.05) is 13.2 Å². The average molecular weight is 296 g/mol. The first kappa shape index (κ1) is 16.9. The summed E-state index contributed by atoms with van der Waals surface area (Å²) in [5.41, 5.74) is 0.673. The van der Waals surface area contributed by atoms with Crippen LogP contribution in [0.5, 0.6) is 5.75 Å². The number of aliphatic carboxylic acids is 1. The molecule has 0 bridgehead atoms. The first-order valence-electron chi connectivity index (χ1n) is 6.64. The molecular weight excluding hydrogens is 276 g/mol. The molecule has 21 heavy (non-hydrogen) atoms. The molecule has 0 radical (unpaired) electrons. The number of aliphatic hydroxyl groups excluding tert-OH is 1. The molecule has 7 nitrogen and oxygen atoms in total. The molecule has 1 atom stereocenters. The maximum Gasteiger partial charge on any atom is 0.307 e. The molecule has 1 unspecified atom stereocenters. The highest BCUT2D eigenvalue weighted by Gasteiger charge is 2.14. The molecule has 0 saturated carbocycles. The Morgan fingerprint density at radius 3 is 2.43 bits per heavy atom. The quantitative estimate of drug-likeness (QED) is 0.528. The summed E-state index contributed by atoms with van der Waals surface area (Å²) in [7, 11) is 0. The Bertz CT molecular complexity index is 461. The minimum atomic E-state index is -0.894. The van der Waals surface area contributed by atoms with Crippen LogP contribution in [0.2, 0.25) is 0 Å². The van der Waals surface area contributed by atoms with E-state index in [9.17, 15) is 14.8 Å². The molecule has 0 amide bonds. The second-order valence-electron chi connectivity index (χ2n) is 4.98. The Morgan fingerprint density at radius 1 is 1.33 bits per heavy atom. The number of ether oxygens (including phenoxy) is 1. The molecule has 2 N–H and O–H groups in total. The van der Waals surface area contributed by atoms with E-state index in [0.717, 1.165) is 0 Å². The molecule has 1 aromatic rings. The maximum absolute atomic E-state index is 10.6. The number of nitroso groups, excluding NO2 is 1. The van der Waals surface area contributed by atoms with Gasteiger partial charge in [0.2, 0.25) is 0 Å². The number of carboxylic acid groups (broad SMARTS) is 1. The Hall–Kier alpha value is -2.15. The molecule has 0 aliphatic carbocycles. The van der Waals surface area contributed by atoms with E-state index < -0.39 is 12.1 Å². The second-order valence-corrected chi connectivity index (χ2v) is 4.98. The van der Waals surface area contributed by atoms with E-state index >= 15 is 0 Å². The molecule has 0 fully saturated rings. The van der Waals surface area contributed by atoms with E-state index in [1.807, 2.05) is 0 Å². The molecule has 0 heterocycles. The van der Waals surface area contributed by atoms with Gasteiger partial charge in [-0.2, -0.15) is 0 Å². The van der Waals surface area contributed by atoms with Gasteiger partial charge in [0.05, 0.1) is 18.3 Å². The minimum Gasteiger partial charge on any atom is -0.491 e. The molecule has 0 aliphatic heterocycles. The van der Waals surface area contributed by atoms with E-state index in [1.165, 1.54) is 5.01 Å². The summed E-state index contributed by atoms with van der Waals surface area (Å²) in [5, 5.41) is 22.5. The maximum atomic E-state index is 10.6. The predicted octanol–water partition coefficient (Wildman–Crippen LogP) is 1.45. The van der Waals surface area contributed by atoms with Crippen LogP contribution in [0.4, 0.5) is 0 Å². The van der Waals surface area contributed by atoms with Gasteiger partial charge in [-0.05, 0) is 31.5 Å². The van der Waals surface area contributed by atoms with Crippen molar-refractivity contribution in [3.63, 3.8) is 0 Å². The van der Waals surface area contributed by atoms with Gasteiger partial charge in [-0.1, -0.05) is 12.1 Å². The first-order chi connectivity index (χ1) is 9.92. The summed E-state index contributed by atoms with van der Waals surface area (Å²) in [4.78, 5) is 21.1. The largest absolute Gasteiger partial charge is 0.491 e. The monoisotopic (exact) mass is 296 g/mol. The van der Waals surface area contributed by atoms with Crippen LogP contribution in [0.25, 0.3) is 0 Å². The fourth-order valence-electron chi connectivity index (χ4n) is 1.68. The van der Waals surface area contributed by atoms with Crippen LogP contribution in [0, 0.1) is 4.91 Å². The zero-order valence-corrected chi connectivity index (χ0v) is 12.1.